The van der Waals surface area contributed by atoms with Crippen molar-refractivity contribution in [2.75, 3.05) is 30.3 Å². The Labute approximate surface area is 332 Å². The molecule has 15 heteroatoms. The minimum atomic E-state index is -4.61. The predicted molar refractivity (Wildman–Crippen MR) is 211 cm³/mol. The number of benzene rings is 4. The Bertz CT molecular complexity index is 2180. The van der Waals surface area contributed by atoms with Crippen LogP contribution in [0.2, 0.25) is 5.02 Å². The number of halogens is 4. The van der Waals surface area contributed by atoms with Crippen LogP contribution in [0.4, 0.5) is 30.8 Å². The maximum Gasteiger partial charge on any atom is 0.422 e. The summed E-state index contributed by atoms with van der Waals surface area (Å²) >= 11 is 6.04. The van der Waals surface area contributed by atoms with Crippen LogP contribution in [0, 0.1) is 5.41 Å². The lowest BCUT2D eigenvalue weighted by Crippen LogP contribution is -2.44. The highest BCUT2D eigenvalue weighted by Gasteiger charge is 2.45. The Kier molecular flexibility index (Phi) is 12.4. The fourth-order valence-electron chi connectivity index (χ4n) is 5.88. The molecule has 11 nitrogen and oxygen atoms in total. The summed E-state index contributed by atoms with van der Waals surface area (Å²) in [5.41, 5.74) is 3.62. The maximum absolute atomic E-state index is 13.0. The van der Waals surface area contributed by atoms with Gasteiger partial charge in [-0.05, 0) is 83.3 Å². The number of rotatable bonds is 17. The number of nitrogens with zero attached hydrogens (tertiary/aromatic N) is 3. The van der Waals surface area contributed by atoms with Gasteiger partial charge in [0.15, 0.2) is 6.61 Å². The first-order valence-electron chi connectivity index (χ1n) is 18.2. The molecule has 1 fully saturated rings. The van der Waals surface area contributed by atoms with Gasteiger partial charge in [-0.3, -0.25) is 14.4 Å². The number of hydrogen-bond acceptors (Lipinski definition) is 9. The third-order valence-electron chi connectivity index (χ3n) is 9.23. The number of Topliss-reactive ketones (excluding diaryl/α,β-unsaturated/α-hetero) is 1. The number of hydrogen-bond donors (Lipinski definition) is 4. The number of carbonyl (C=O) groups excluding carboxylic acids is 3. The summed E-state index contributed by atoms with van der Waals surface area (Å²) in [5.74, 6) is -1.69. The molecule has 0 radical (unpaired) electrons. The molecular weight excluding hydrogens is 759 g/mol. The fourth-order valence-corrected chi connectivity index (χ4v) is 6.01. The van der Waals surface area contributed by atoms with Crippen molar-refractivity contribution in [3.05, 3.63) is 136 Å². The third-order valence-corrected chi connectivity index (χ3v) is 9.48. The molecule has 1 aromatic heterocycles. The summed E-state index contributed by atoms with van der Waals surface area (Å²) in [5, 5.41) is 12.3. The van der Waals surface area contributed by atoms with Crippen molar-refractivity contribution < 1.29 is 32.3 Å². The molecule has 5 aromatic rings. The molecule has 0 atom stereocenters. The number of nitrogens with one attached hydrogen (secondary N) is 4. The molecule has 2 amide bonds. The van der Waals surface area contributed by atoms with E-state index in [0.717, 1.165) is 36.0 Å². The highest BCUT2D eigenvalue weighted by Crippen LogP contribution is 2.48. The molecule has 6 rings (SSSR count). The van der Waals surface area contributed by atoms with E-state index in [1.165, 1.54) is 5.56 Å². The topological polar surface area (TPSA) is 147 Å². The molecule has 1 aliphatic carbocycles. The molecular formula is C42H41ClF3N7O4. The van der Waals surface area contributed by atoms with Crippen LogP contribution < -0.4 is 26.0 Å². The van der Waals surface area contributed by atoms with Crippen LogP contribution in [0.1, 0.15) is 59.3 Å². The third kappa shape index (κ3) is 12.0. The summed E-state index contributed by atoms with van der Waals surface area (Å²) < 4.78 is 43.8. The van der Waals surface area contributed by atoms with E-state index in [0.29, 0.717) is 16.3 Å². The molecule has 1 aliphatic rings. The van der Waals surface area contributed by atoms with Crippen LogP contribution in [0.25, 0.3) is 0 Å². The van der Waals surface area contributed by atoms with Crippen LogP contribution in [0.3, 0.4) is 0 Å². The molecule has 296 valence electrons. The summed E-state index contributed by atoms with van der Waals surface area (Å²) in [7, 11) is 0. The monoisotopic (exact) mass is 799 g/mol. The lowest BCUT2D eigenvalue weighted by Gasteiger charge is -2.25. The second-order valence-electron chi connectivity index (χ2n) is 14.7. The summed E-state index contributed by atoms with van der Waals surface area (Å²) in [4.78, 5) is 50.8. The van der Waals surface area contributed by atoms with Crippen LogP contribution in [0.5, 0.6) is 6.01 Å². The van der Waals surface area contributed by atoms with Gasteiger partial charge in [-0.1, -0.05) is 92.2 Å². The number of aromatic nitrogens is 3. The minimum absolute atomic E-state index is 0.0146. The van der Waals surface area contributed by atoms with Crippen molar-refractivity contribution in [3.8, 4) is 6.01 Å². The van der Waals surface area contributed by atoms with Gasteiger partial charge in [-0.25, -0.2) is 0 Å². The Morgan fingerprint density at radius 3 is 2.02 bits per heavy atom. The number of carbonyl (C=O) groups is 3. The minimum Gasteiger partial charge on any atom is -0.454 e. The number of alkyl halides is 3. The second kappa shape index (κ2) is 17.4. The van der Waals surface area contributed by atoms with Crippen LogP contribution in [-0.2, 0) is 28.0 Å². The highest BCUT2D eigenvalue weighted by atomic mass is 35.5. The van der Waals surface area contributed by atoms with Crippen LogP contribution in [0.15, 0.2) is 103 Å². The van der Waals surface area contributed by atoms with Crippen molar-refractivity contribution in [3.63, 3.8) is 0 Å². The van der Waals surface area contributed by atoms with E-state index in [4.69, 9.17) is 16.3 Å². The van der Waals surface area contributed by atoms with E-state index in [1.807, 2.05) is 68.4 Å². The van der Waals surface area contributed by atoms with Gasteiger partial charge in [0.2, 0.25) is 17.7 Å². The maximum atomic E-state index is 13.0. The SMILES string of the molecule is CC(C)(CNC(=O)C(=O)Cc1ccc(Cc2ccccc2)cc1)CNC(=O)c1ccc(Nc2nc(NC3(c4ccc(Cl)cc4)CC3)nc(OCC(F)(F)F)n2)cc1. The Morgan fingerprint density at radius 2 is 1.37 bits per heavy atom. The van der Waals surface area contributed by atoms with Gasteiger partial charge in [0, 0.05) is 35.8 Å². The first kappa shape index (κ1) is 40.6. The van der Waals surface area contributed by atoms with Gasteiger partial charge in [0.1, 0.15) is 0 Å². The molecule has 57 heavy (non-hydrogen) atoms. The van der Waals surface area contributed by atoms with Gasteiger partial charge < -0.3 is 26.0 Å². The highest BCUT2D eigenvalue weighted by molar-refractivity contribution is 6.36. The number of ketones is 1. The zero-order valence-electron chi connectivity index (χ0n) is 31.3. The summed E-state index contributed by atoms with van der Waals surface area (Å²) in [6.45, 7) is 2.45. The van der Waals surface area contributed by atoms with Gasteiger partial charge in [0.05, 0.1) is 5.54 Å². The quantitative estimate of drug-likeness (QED) is 0.0699. The van der Waals surface area contributed by atoms with E-state index in [9.17, 15) is 27.6 Å². The van der Waals surface area contributed by atoms with Gasteiger partial charge in [-0.15, -0.1) is 0 Å². The fraction of sp³-hybridized carbons (Fsp3) is 0.286. The lowest BCUT2D eigenvalue weighted by atomic mass is 9.93. The lowest BCUT2D eigenvalue weighted by molar-refractivity contribution is -0.154. The molecule has 0 aliphatic heterocycles. The second-order valence-corrected chi connectivity index (χ2v) is 15.1. The standard InChI is InChI=1S/C42H41ClF3N7O4/c1-40(2,25-48-36(56)34(54)23-29-10-8-28(9-11-29)22-27-6-4-3-5-7-27)24-47-35(55)30-12-18-33(19-13-30)49-37-50-38(52-39(51-37)57-26-42(44,45)46)53-41(20-21-41)31-14-16-32(43)17-15-31/h3-19H,20-26H2,1-2H3,(H,47,55)(H,48,56)(H2,49,50,51,52,53). The number of ether oxygens (including phenoxy) is 1. The molecule has 0 bridgehead atoms. The normalized spacial score (nSPS) is 13.3. The zero-order chi connectivity index (χ0) is 40.6. The van der Waals surface area contributed by atoms with Crippen molar-refractivity contribution >= 4 is 46.8 Å². The largest absolute Gasteiger partial charge is 0.454 e. The van der Waals surface area contributed by atoms with Gasteiger partial charge >= 0.3 is 12.2 Å². The molecule has 1 saturated carbocycles. The number of anilines is 3. The summed E-state index contributed by atoms with van der Waals surface area (Å²) in [6.07, 6.45) is -2.38. The molecule has 0 saturated heterocycles. The van der Waals surface area contributed by atoms with Crippen molar-refractivity contribution in [1.29, 1.82) is 0 Å². The Morgan fingerprint density at radius 1 is 0.754 bits per heavy atom. The average molecular weight is 800 g/mol. The van der Waals surface area contributed by atoms with E-state index in [2.05, 4.69) is 48.4 Å². The van der Waals surface area contributed by atoms with E-state index >= 15 is 0 Å². The average Bonchev–Trinajstić information content (AvgIpc) is 3.97. The van der Waals surface area contributed by atoms with Crippen molar-refractivity contribution in [2.45, 2.75) is 51.2 Å². The zero-order valence-corrected chi connectivity index (χ0v) is 32.0. The van der Waals surface area contributed by atoms with E-state index in [1.54, 1.807) is 36.4 Å². The molecule has 1 heterocycles. The smallest absolute Gasteiger partial charge is 0.422 e. The molecule has 4 N–H and O–H groups in total. The number of amides is 2. The Hall–Kier alpha value is -6.02. The first-order valence-corrected chi connectivity index (χ1v) is 18.6. The molecule has 0 spiro atoms. The van der Waals surface area contributed by atoms with Crippen LogP contribution in [-0.4, -0.2) is 58.4 Å². The van der Waals surface area contributed by atoms with Gasteiger partial charge in [0.25, 0.3) is 11.8 Å². The summed E-state index contributed by atoms with van der Waals surface area (Å²) in [6, 6.07) is 30.7. The van der Waals surface area contributed by atoms with Gasteiger partial charge in [-0.2, -0.15) is 28.1 Å². The van der Waals surface area contributed by atoms with Crippen LogP contribution >= 0.6 is 11.6 Å². The molecule has 0 unspecified atom stereocenters. The van der Waals surface area contributed by atoms with Crippen molar-refractivity contribution in [1.82, 2.24) is 25.6 Å². The predicted octanol–water partition coefficient (Wildman–Crippen LogP) is 7.59. The van der Waals surface area contributed by atoms with E-state index in [-0.39, 0.29) is 37.3 Å². The van der Waals surface area contributed by atoms with E-state index < -0.39 is 41.4 Å². The Balaban J connectivity index is 0.996. The van der Waals surface area contributed by atoms with Crippen molar-refractivity contribution in [2.24, 2.45) is 5.41 Å². The molecule has 4 aromatic carbocycles. The first-order chi connectivity index (χ1) is 27.1.